The van der Waals surface area contributed by atoms with Crippen molar-refractivity contribution < 1.29 is 0 Å². The molecule has 2 aromatic rings. The third-order valence-electron chi connectivity index (χ3n) is 2.65. The van der Waals surface area contributed by atoms with Crippen LogP contribution in [0.5, 0.6) is 0 Å². The topological polar surface area (TPSA) is 37.6 Å². The minimum Gasteiger partial charge on any atom is -0.264 e. The first-order valence-electron chi connectivity index (χ1n) is 5.60. The van der Waals surface area contributed by atoms with E-state index in [4.69, 9.17) is 0 Å². The molecule has 0 saturated carbocycles. The van der Waals surface area contributed by atoms with Crippen LogP contribution in [0.4, 0.5) is 0 Å². The van der Waals surface area contributed by atoms with Gasteiger partial charge in [-0.25, -0.2) is 0 Å². The van der Waals surface area contributed by atoms with E-state index in [0.29, 0.717) is 0 Å². The normalized spacial score (nSPS) is 18.2. The van der Waals surface area contributed by atoms with Crippen LogP contribution in [-0.2, 0) is 0 Å². The van der Waals surface area contributed by atoms with E-state index in [-0.39, 0.29) is 5.37 Å². The van der Waals surface area contributed by atoms with Crippen molar-refractivity contribution in [1.82, 2.24) is 4.98 Å². The maximum absolute atomic E-state index is 4.28. The molecule has 0 amide bonds. The van der Waals surface area contributed by atoms with Gasteiger partial charge in [-0.2, -0.15) is 5.11 Å². The van der Waals surface area contributed by atoms with E-state index < -0.39 is 0 Å². The molecule has 1 aliphatic heterocycles. The van der Waals surface area contributed by atoms with Gasteiger partial charge in [0, 0.05) is 23.2 Å². The van der Waals surface area contributed by atoms with Crippen molar-refractivity contribution in [1.29, 1.82) is 0 Å². The average Bonchev–Trinajstić information content (AvgIpc) is 2.90. The van der Waals surface area contributed by atoms with E-state index in [9.17, 15) is 0 Å². The van der Waals surface area contributed by atoms with Gasteiger partial charge >= 0.3 is 0 Å². The van der Waals surface area contributed by atoms with Crippen molar-refractivity contribution in [3.8, 4) is 0 Å². The van der Waals surface area contributed by atoms with Crippen molar-refractivity contribution in [2.45, 2.75) is 5.37 Å². The third kappa shape index (κ3) is 2.19. The molecule has 0 radical (unpaired) electrons. The standard InChI is InChI=1S/C14H11N3S/c1-10-4-6-11(7-5-10)13-16-17-14(18-13)12-3-2-8-15-9-12/h2-9,14H,1H2. The summed E-state index contributed by atoms with van der Waals surface area (Å²) in [6.45, 7) is 3.87. The van der Waals surface area contributed by atoms with E-state index in [1.165, 1.54) is 0 Å². The summed E-state index contributed by atoms with van der Waals surface area (Å²) in [5.74, 6) is 0. The minimum atomic E-state index is 0.0214. The zero-order valence-corrected chi connectivity index (χ0v) is 10.5. The average molecular weight is 253 g/mol. The summed E-state index contributed by atoms with van der Waals surface area (Å²) in [5, 5.41) is 11.6. The second-order valence-corrected chi connectivity index (χ2v) is 5.04. The number of hydrogen-bond acceptors (Lipinski definition) is 4. The molecule has 1 aromatic heterocycles. The number of hydrogen-bond donors (Lipinski definition) is 0. The first-order valence-corrected chi connectivity index (χ1v) is 6.48. The predicted octanol–water partition coefficient (Wildman–Crippen LogP) is 2.46. The molecule has 3 rings (SSSR count). The van der Waals surface area contributed by atoms with Crippen LogP contribution in [0.25, 0.3) is 11.6 Å². The van der Waals surface area contributed by atoms with Gasteiger partial charge in [0.15, 0.2) is 0 Å². The van der Waals surface area contributed by atoms with Gasteiger partial charge < -0.3 is 0 Å². The molecule has 3 nitrogen and oxygen atoms in total. The van der Waals surface area contributed by atoms with E-state index in [1.54, 1.807) is 18.0 Å². The molecule has 88 valence electrons. The molecule has 1 aromatic carbocycles. The maximum atomic E-state index is 4.28. The summed E-state index contributed by atoms with van der Waals surface area (Å²) in [5.41, 5.74) is 1.08. The van der Waals surface area contributed by atoms with Crippen LogP contribution in [0.15, 0.2) is 59.0 Å². The highest BCUT2D eigenvalue weighted by molar-refractivity contribution is 8.08. The lowest BCUT2D eigenvalue weighted by Gasteiger charge is -2.02. The van der Waals surface area contributed by atoms with Gasteiger partial charge in [-0.05, 0) is 11.3 Å². The SMILES string of the molecule is C=c1ccc(=C2N=NC(c3cccnc3)S2)cc1. The number of nitrogens with zero attached hydrogens (tertiary/aromatic N) is 3. The number of benzene rings is 1. The Bertz CT molecular complexity index is 671. The first kappa shape index (κ1) is 11.2. The van der Waals surface area contributed by atoms with E-state index in [1.807, 2.05) is 42.6 Å². The number of azo groups is 1. The van der Waals surface area contributed by atoms with Crippen LogP contribution < -0.4 is 10.4 Å². The molecule has 1 atom stereocenters. The van der Waals surface area contributed by atoms with E-state index in [2.05, 4.69) is 21.8 Å². The number of aromatic nitrogens is 1. The number of pyridine rings is 1. The first-order chi connectivity index (χ1) is 8.83. The molecule has 0 fully saturated rings. The molecule has 0 N–H and O–H groups in total. The highest BCUT2D eigenvalue weighted by atomic mass is 32.2. The molecule has 4 heteroatoms. The van der Waals surface area contributed by atoms with Gasteiger partial charge in [0.25, 0.3) is 0 Å². The highest BCUT2D eigenvalue weighted by Gasteiger charge is 2.19. The summed E-state index contributed by atoms with van der Waals surface area (Å²) in [7, 11) is 0. The summed E-state index contributed by atoms with van der Waals surface area (Å²) >= 11 is 1.65. The zero-order chi connectivity index (χ0) is 12.4. The van der Waals surface area contributed by atoms with Gasteiger partial charge in [0.05, 0.1) is 0 Å². The van der Waals surface area contributed by atoms with Gasteiger partial charge in [0.1, 0.15) is 10.4 Å². The Balaban J connectivity index is 1.93. The molecule has 0 bridgehead atoms. The van der Waals surface area contributed by atoms with Crippen LogP contribution in [0.3, 0.4) is 0 Å². The van der Waals surface area contributed by atoms with Gasteiger partial charge in [-0.1, -0.05) is 48.7 Å². The third-order valence-corrected chi connectivity index (χ3v) is 3.78. The van der Waals surface area contributed by atoms with Crippen LogP contribution >= 0.6 is 11.8 Å². The second-order valence-electron chi connectivity index (χ2n) is 3.97. The second kappa shape index (κ2) is 4.74. The van der Waals surface area contributed by atoms with Crippen molar-refractivity contribution >= 4 is 23.4 Å². The van der Waals surface area contributed by atoms with Gasteiger partial charge in [-0.15, -0.1) is 5.11 Å². The Kier molecular flexibility index (Phi) is 2.94. The fourth-order valence-electron chi connectivity index (χ4n) is 1.69. The van der Waals surface area contributed by atoms with Crippen molar-refractivity contribution in [2.75, 3.05) is 0 Å². The predicted molar refractivity (Wildman–Crippen MR) is 74.0 cm³/mol. The Morgan fingerprint density at radius 3 is 2.67 bits per heavy atom. The highest BCUT2D eigenvalue weighted by Crippen LogP contribution is 2.42. The van der Waals surface area contributed by atoms with E-state index in [0.717, 1.165) is 21.0 Å². The molecule has 2 heterocycles. The fourth-order valence-corrected chi connectivity index (χ4v) is 2.64. The molecule has 1 unspecified atom stereocenters. The lowest BCUT2D eigenvalue weighted by molar-refractivity contribution is 0.956. The Morgan fingerprint density at radius 2 is 1.94 bits per heavy atom. The smallest absolute Gasteiger partial charge is 0.149 e. The zero-order valence-electron chi connectivity index (χ0n) is 9.65. The van der Waals surface area contributed by atoms with Crippen molar-refractivity contribution in [2.24, 2.45) is 10.2 Å². The fraction of sp³-hybridized carbons (Fsp3) is 0.0714. The largest absolute Gasteiger partial charge is 0.264 e. The summed E-state index contributed by atoms with van der Waals surface area (Å²) in [4.78, 5) is 4.11. The summed E-state index contributed by atoms with van der Waals surface area (Å²) in [6.07, 6.45) is 3.59. The van der Waals surface area contributed by atoms with Crippen LogP contribution in [0, 0.1) is 0 Å². The Labute approximate surface area is 109 Å². The molecular weight excluding hydrogens is 242 g/mol. The molecule has 18 heavy (non-hydrogen) atoms. The van der Waals surface area contributed by atoms with Gasteiger partial charge in [-0.3, -0.25) is 4.98 Å². The molecular formula is C14H11N3S. The number of rotatable bonds is 1. The summed E-state index contributed by atoms with van der Waals surface area (Å²) in [6, 6.07) is 11.9. The minimum absolute atomic E-state index is 0.0214. The monoisotopic (exact) mass is 253 g/mol. The van der Waals surface area contributed by atoms with Gasteiger partial charge in [0.2, 0.25) is 0 Å². The van der Waals surface area contributed by atoms with Crippen molar-refractivity contribution in [3.05, 3.63) is 64.8 Å². The molecule has 0 saturated heterocycles. The summed E-state index contributed by atoms with van der Waals surface area (Å²) < 4.78 is 0. The van der Waals surface area contributed by atoms with Crippen LogP contribution in [0.1, 0.15) is 10.9 Å². The quantitative estimate of drug-likeness (QED) is 0.783. The molecule has 0 spiro atoms. The Morgan fingerprint density at radius 1 is 1.11 bits per heavy atom. The molecule has 0 aliphatic carbocycles. The lowest BCUT2D eigenvalue weighted by atomic mass is 10.3. The van der Waals surface area contributed by atoms with Crippen molar-refractivity contribution in [3.63, 3.8) is 0 Å². The lowest BCUT2D eigenvalue weighted by Crippen LogP contribution is -2.06. The van der Waals surface area contributed by atoms with Crippen LogP contribution in [-0.4, -0.2) is 4.98 Å². The van der Waals surface area contributed by atoms with Crippen LogP contribution in [0.2, 0.25) is 0 Å². The molecule has 1 aliphatic rings. The Hall–Kier alpha value is -1.94. The number of thioether (sulfide) groups is 1. The maximum Gasteiger partial charge on any atom is 0.149 e. The van der Waals surface area contributed by atoms with E-state index >= 15 is 0 Å².